The van der Waals surface area contributed by atoms with Gasteiger partial charge in [0.1, 0.15) is 0 Å². The van der Waals surface area contributed by atoms with E-state index in [9.17, 15) is 9.59 Å². The van der Waals surface area contributed by atoms with Crippen molar-refractivity contribution in [1.82, 2.24) is 15.2 Å². The van der Waals surface area contributed by atoms with Crippen molar-refractivity contribution in [1.29, 1.82) is 0 Å². The molecular formula is C21H23ClN4O2. The molecule has 0 fully saturated rings. The Kier molecular flexibility index (Phi) is 6.68. The first-order valence-electron chi connectivity index (χ1n) is 9.15. The van der Waals surface area contributed by atoms with E-state index in [1.165, 1.54) is 0 Å². The normalized spacial score (nSPS) is 10.9. The number of halogens is 1. The van der Waals surface area contributed by atoms with Gasteiger partial charge in [-0.25, -0.2) is 0 Å². The van der Waals surface area contributed by atoms with E-state index in [0.29, 0.717) is 43.2 Å². The van der Waals surface area contributed by atoms with Crippen molar-refractivity contribution in [3.8, 4) is 0 Å². The Morgan fingerprint density at radius 2 is 1.79 bits per heavy atom. The maximum atomic E-state index is 12.1. The van der Waals surface area contributed by atoms with Crippen LogP contribution in [0.5, 0.6) is 0 Å². The Morgan fingerprint density at radius 1 is 1.04 bits per heavy atom. The van der Waals surface area contributed by atoms with Crippen LogP contribution in [-0.4, -0.2) is 29.5 Å². The molecule has 0 saturated carbocycles. The first-order valence-corrected chi connectivity index (χ1v) is 9.52. The van der Waals surface area contributed by atoms with Gasteiger partial charge in [-0.2, -0.15) is 0 Å². The summed E-state index contributed by atoms with van der Waals surface area (Å²) in [5.41, 5.74) is 7.96. The van der Waals surface area contributed by atoms with Gasteiger partial charge in [0.05, 0.1) is 10.6 Å². The zero-order chi connectivity index (χ0) is 19.9. The Morgan fingerprint density at radius 3 is 2.57 bits per heavy atom. The number of amides is 2. The number of nitrogens with two attached hydrogens (primary N) is 1. The lowest BCUT2D eigenvalue weighted by atomic mass is 10.2. The summed E-state index contributed by atoms with van der Waals surface area (Å²) < 4.78 is 2.05. The highest BCUT2D eigenvalue weighted by Gasteiger charge is 2.10. The minimum absolute atomic E-state index is 0.185. The number of fused-ring (bicyclic) bond motifs is 1. The average Bonchev–Trinajstić information content (AvgIpc) is 3.04. The molecule has 0 saturated heterocycles. The molecule has 0 spiro atoms. The van der Waals surface area contributed by atoms with Crippen LogP contribution in [0.3, 0.4) is 0 Å². The predicted octanol–water partition coefficient (Wildman–Crippen LogP) is 2.69. The molecule has 7 heteroatoms. The van der Waals surface area contributed by atoms with Crippen LogP contribution in [0, 0.1) is 0 Å². The number of primary amides is 1. The van der Waals surface area contributed by atoms with Gasteiger partial charge in [-0.05, 0) is 23.8 Å². The fraction of sp³-hybridized carbons (Fsp3) is 0.238. The molecule has 28 heavy (non-hydrogen) atoms. The van der Waals surface area contributed by atoms with Crippen molar-refractivity contribution in [2.75, 3.05) is 13.1 Å². The second-order valence-corrected chi connectivity index (χ2v) is 6.90. The van der Waals surface area contributed by atoms with Gasteiger partial charge in [0.2, 0.25) is 5.91 Å². The maximum absolute atomic E-state index is 12.1. The van der Waals surface area contributed by atoms with Crippen LogP contribution < -0.4 is 16.4 Å². The number of carbonyl (C=O) groups excluding carboxylic acids is 2. The minimum atomic E-state index is -0.313. The molecule has 0 aliphatic rings. The van der Waals surface area contributed by atoms with E-state index >= 15 is 0 Å². The number of carbonyl (C=O) groups is 2. The standard InChI is InChI=1S/C21H23ClN4O2/c22-18-7-3-1-6-17(18)21(28)25-11-10-24-13-15-14-26(12-9-20(23)27)19-8-4-2-5-16(15)19/h1-8,14,24H,9-13H2,(H2,23,27)(H,25,28). The van der Waals surface area contributed by atoms with Crippen LogP contribution >= 0.6 is 11.6 Å². The summed E-state index contributed by atoms with van der Waals surface area (Å²) in [6.45, 7) is 2.33. The number of hydrogen-bond donors (Lipinski definition) is 3. The minimum Gasteiger partial charge on any atom is -0.370 e. The Balaban J connectivity index is 1.53. The van der Waals surface area contributed by atoms with Crippen molar-refractivity contribution in [2.45, 2.75) is 19.5 Å². The lowest BCUT2D eigenvalue weighted by molar-refractivity contribution is -0.118. The molecule has 0 aliphatic heterocycles. The van der Waals surface area contributed by atoms with E-state index in [0.717, 1.165) is 16.5 Å². The zero-order valence-electron chi connectivity index (χ0n) is 15.5. The fourth-order valence-electron chi connectivity index (χ4n) is 3.11. The van der Waals surface area contributed by atoms with Gasteiger partial charge in [-0.1, -0.05) is 41.9 Å². The van der Waals surface area contributed by atoms with Crippen LogP contribution in [0.1, 0.15) is 22.3 Å². The van der Waals surface area contributed by atoms with Crippen molar-refractivity contribution < 1.29 is 9.59 Å². The van der Waals surface area contributed by atoms with Gasteiger partial charge in [0.25, 0.3) is 5.91 Å². The third kappa shape index (κ3) is 4.91. The summed E-state index contributed by atoms with van der Waals surface area (Å²) in [6.07, 6.45) is 2.35. The lowest BCUT2D eigenvalue weighted by Crippen LogP contribution is -2.31. The van der Waals surface area contributed by atoms with E-state index in [1.807, 2.05) is 24.4 Å². The van der Waals surface area contributed by atoms with Crippen LogP contribution in [0.2, 0.25) is 5.02 Å². The maximum Gasteiger partial charge on any atom is 0.252 e. The second-order valence-electron chi connectivity index (χ2n) is 6.49. The molecule has 0 radical (unpaired) electrons. The van der Waals surface area contributed by atoms with E-state index in [-0.39, 0.29) is 11.8 Å². The third-order valence-corrected chi connectivity index (χ3v) is 4.82. The highest BCUT2D eigenvalue weighted by atomic mass is 35.5. The molecule has 1 heterocycles. The molecule has 2 amide bonds. The summed E-state index contributed by atoms with van der Waals surface area (Å²) >= 11 is 6.03. The number of nitrogens with zero attached hydrogens (tertiary/aromatic N) is 1. The van der Waals surface area contributed by atoms with Crippen molar-refractivity contribution in [3.05, 3.63) is 70.9 Å². The summed E-state index contributed by atoms with van der Waals surface area (Å²) in [5.74, 6) is -0.498. The molecule has 3 rings (SSSR count). The largest absolute Gasteiger partial charge is 0.370 e. The van der Waals surface area contributed by atoms with Gasteiger partial charge < -0.3 is 20.9 Å². The topological polar surface area (TPSA) is 89.2 Å². The quantitative estimate of drug-likeness (QED) is 0.484. The van der Waals surface area contributed by atoms with E-state index < -0.39 is 0 Å². The van der Waals surface area contributed by atoms with Crippen molar-refractivity contribution in [3.63, 3.8) is 0 Å². The van der Waals surface area contributed by atoms with Crippen LogP contribution in [-0.2, 0) is 17.9 Å². The monoisotopic (exact) mass is 398 g/mol. The van der Waals surface area contributed by atoms with E-state index in [2.05, 4.69) is 21.3 Å². The van der Waals surface area contributed by atoms with E-state index in [1.54, 1.807) is 24.3 Å². The predicted molar refractivity (Wildman–Crippen MR) is 111 cm³/mol. The molecule has 6 nitrogen and oxygen atoms in total. The highest BCUT2D eigenvalue weighted by Crippen LogP contribution is 2.21. The van der Waals surface area contributed by atoms with Gasteiger partial charge in [0, 0.05) is 49.7 Å². The summed E-state index contributed by atoms with van der Waals surface area (Å²) in [5, 5.41) is 7.78. The Hall–Kier alpha value is -2.83. The molecule has 0 unspecified atom stereocenters. The van der Waals surface area contributed by atoms with Crippen molar-refractivity contribution >= 4 is 34.3 Å². The molecule has 1 aromatic heterocycles. The number of para-hydroxylation sites is 1. The molecule has 0 bridgehead atoms. The number of hydrogen-bond acceptors (Lipinski definition) is 3. The third-order valence-electron chi connectivity index (χ3n) is 4.49. The van der Waals surface area contributed by atoms with Crippen LogP contribution in [0.25, 0.3) is 10.9 Å². The first kappa shape index (κ1) is 19.9. The number of aromatic nitrogens is 1. The van der Waals surface area contributed by atoms with Crippen LogP contribution in [0.15, 0.2) is 54.7 Å². The van der Waals surface area contributed by atoms with E-state index in [4.69, 9.17) is 17.3 Å². The first-order chi connectivity index (χ1) is 13.6. The van der Waals surface area contributed by atoms with Crippen LogP contribution in [0.4, 0.5) is 0 Å². The summed E-state index contributed by atoms with van der Waals surface area (Å²) in [4.78, 5) is 23.2. The SMILES string of the molecule is NC(=O)CCn1cc(CNCCNC(=O)c2ccccc2Cl)c2ccccc21. The van der Waals surface area contributed by atoms with Gasteiger partial charge in [0.15, 0.2) is 0 Å². The molecule has 0 aliphatic carbocycles. The van der Waals surface area contributed by atoms with Gasteiger partial charge in [-0.3, -0.25) is 9.59 Å². The number of nitrogens with one attached hydrogen (secondary N) is 2. The summed E-state index contributed by atoms with van der Waals surface area (Å²) in [7, 11) is 0. The molecule has 0 atom stereocenters. The molecule has 3 aromatic rings. The summed E-state index contributed by atoms with van der Waals surface area (Å²) in [6, 6.07) is 15.0. The number of aryl methyl sites for hydroxylation is 1. The highest BCUT2D eigenvalue weighted by molar-refractivity contribution is 6.33. The smallest absolute Gasteiger partial charge is 0.252 e. The molecule has 4 N–H and O–H groups in total. The Labute approximate surface area is 168 Å². The number of rotatable bonds is 9. The second kappa shape index (κ2) is 9.39. The molecular weight excluding hydrogens is 376 g/mol. The van der Waals surface area contributed by atoms with Gasteiger partial charge in [-0.15, -0.1) is 0 Å². The Bertz CT molecular complexity index is 983. The number of benzene rings is 2. The zero-order valence-corrected chi connectivity index (χ0v) is 16.2. The van der Waals surface area contributed by atoms with Gasteiger partial charge >= 0.3 is 0 Å². The van der Waals surface area contributed by atoms with Crippen molar-refractivity contribution in [2.24, 2.45) is 5.73 Å². The molecule has 146 valence electrons. The molecule has 2 aromatic carbocycles. The average molecular weight is 399 g/mol. The fourth-order valence-corrected chi connectivity index (χ4v) is 3.33. The lowest BCUT2D eigenvalue weighted by Gasteiger charge is -2.07.